The summed E-state index contributed by atoms with van der Waals surface area (Å²) in [6.45, 7) is 3.18. The van der Waals surface area contributed by atoms with Crippen LogP contribution in [0.25, 0.3) is 0 Å². The fraction of sp³-hybridized carbons (Fsp3) is 0.667. The molecular formula is C18H27O. The summed E-state index contributed by atoms with van der Waals surface area (Å²) in [5.41, 5.74) is 0. The standard InChI is InChI=1S/C18H27O/c1-2-3-5-8-16-11-13-17(14-12-16)15-19-18-9-6-4-7-10-18/h6-7,9-10,16-17H,2-3,5,8,11-15H2,1H3. The number of rotatable bonds is 7. The van der Waals surface area contributed by atoms with Gasteiger partial charge in [0.1, 0.15) is 5.75 Å². The van der Waals surface area contributed by atoms with Crippen LogP contribution in [0.4, 0.5) is 0 Å². The molecule has 105 valence electrons. The van der Waals surface area contributed by atoms with E-state index in [9.17, 15) is 0 Å². The summed E-state index contributed by atoms with van der Waals surface area (Å²) in [5, 5.41) is 0. The predicted molar refractivity (Wildman–Crippen MR) is 80.4 cm³/mol. The Hall–Kier alpha value is -0.980. The number of hydrogen-bond acceptors (Lipinski definition) is 1. The lowest BCUT2D eigenvalue weighted by Gasteiger charge is -2.28. The zero-order valence-electron chi connectivity index (χ0n) is 12.2. The van der Waals surface area contributed by atoms with Crippen LogP contribution in [0.15, 0.2) is 24.3 Å². The van der Waals surface area contributed by atoms with Gasteiger partial charge in [0.05, 0.1) is 6.61 Å². The Bertz CT molecular complexity index is 325. The molecule has 1 heteroatoms. The Morgan fingerprint density at radius 2 is 1.74 bits per heavy atom. The normalized spacial score (nSPS) is 23.2. The van der Waals surface area contributed by atoms with Gasteiger partial charge in [0, 0.05) is 0 Å². The molecule has 1 aromatic rings. The minimum atomic E-state index is 0.770. The molecule has 0 heterocycles. The fourth-order valence-electron chi connectivity index (χ4n) is 3.05. The van der Waals surface area contributed by atoms with Crippen LogP contribution in [0.2, 0.25) is 0 Å². The van der Waals surface area contributed by atoms with Crippen LogP contribution in [0.5, 0.6) is 5.75 Å². The molecule has 0 spiro atoms. The van der Waals surface area contributed by atoms with Crippen LogP contribution >= 0.6 is 0 Å². The molecule has 0 atom stereocenters. The Kier molecular flexibility index (Phi) is 6.26. The maximum absolute atomic E-state index is 5.86. The van der Waals surface area contributed by atoms with E-state index in [0.29, 0.717) is 0 Å². The SMILES string of the molecule is CCCCCC1CCC(COc2cc[c]cc2)CC1. The molecule has 0 saturated heterocycles. The predicted octanol–water partition coefficient (Wildman–Crippen LogP) is 5.25. The summed E-state index contributed by atoms with van der Waals surface area (Å²) in [6, 6.07) is 10.8. The highest BCUT2D eigenvalue weighted by Crippen LogP contribution is 2.32. The van der Waals surface area contributed by atoms with Gasteiger partial charge in [-0.3, -0.25) is 0 Å². The van der Waals surface area contributed by atoms with E-state index >= 15 is 0 Å². The Morgan fingerprint density at radius 1 is 1.05 bits per heavy atom. The van der Waals surface area contributed by atoms with E-state index in [0.717, 1.165) is 24.2 Å². The zero-order chi connectivity index (χ0) is 13.3. The van der Waals surface area contributed by atoms with E-state index in [4.69, 9.17) is 4.74 Å². The summed E-state index contributed by atoms with van der Waals surface area (Å²) in [5.74, 6) is 2.75. The summed E-state index contributed by atoms with van der Waals surface area (Å²) in [6.07, 6.45) is 11.2. The molecule has 0 unspecified atom stereocenters. The molecule has 2 rings (SSSR count). The van der Waals surface area contributed by atoms with Gasteiger partial charge in [-0.05, 0) is 42.9 Å². The molecule has 1 aliphatic rings. The van der Waals surface area contributed by atoms with Crippen LogP contribution in [0.1, 0.15) is 58.3 Å². The average molecular weight is 259 g/mol. The first-order valence-electron chi connectivity index (χ1n) is 7.97. The summed E-state index contributed by atoms with van der Waals surface area (Å²) in [7, 11) is 0. The summed E-state index contributed by atoms with van der Waals surface area (Å²) >= 11 is 0. The molecule has 1 aromatic carbocycles. The topological polar surface area (TPSA) is 9.23 Å². The number of unbranched alkanes of at least 4 members (excludes halogenated alkanes) is 2. The highest BCUT2D eigenvalue weighted by atomic mass is 16.5. The van der Waals surface area contributed by atoms with E-state index in [-0.39, 0.29) is 0 Å². The van der Waals surface area contributed by atoms with Gasteiger partial charge < -0.3 is 4.74 Å². The van der Waals surface area contributed by atoms with Gasteiger partial charge in [-0.1, -0.05) is 57.6 Å². The molecule has 1 saturated carbocycles. The zero-order valence-corrected chi connectivity index (χ0v) is 12.2. The van der Waals surface area contributed by atoms with Crippen molar-refractivity contribution < 1.29 is 4.74 Å². The Labute approximate surface area is 118 Å². The molecule has 0 bridgehead atoms. The van der Waals surface area contributed by atoms with E-state index in [2.05, 4.69) is 13.0 Å². The quantitative estimate of drug-likeness (QED) is 0.607. The lowest BCUT2D eigenvalue weighted by Crippen LogP contribution is -2.20. The van der Waals surface area contributed by atoms with Crippen molar-refractivity contribution in [2.45, 2.75) is 58.3 Å². The Morgan fingerprint density at radius 3 is 2.42 bits per heavy atom. The monoisotopic (exact) mass is 259 g/mol. The maximum atomic E-state index is 5.86. The fourth-order valence-corrected chi connectivity index (χ4v) is 3.05. The van der Waals surface area contributed by atoms with Gasteiger partial charge in [0.15, 0.2) is 0 Å². The third-order valence-electron chi connectivity index (χ3n) is 4.36. The van der Waals surface area contributed by atoms with Crippen LogP contribution in [0.3, 0.4) is 0 Å². The van der Waals surface area contributed by atoms with Crippen LogP contribution < -0.4 is 4.74 Å². The summed E-state index contributed by atoms with van der Waals surface area (Å²) in [4.78, 5) is 0. The second-order valence-electron chi connectivity index (χ2n) is 5.93. The molecule has 19 heavy (non-hydrogen) atoms. The second-order valence-corrected chi connectivity index (χ2v) is 5.93. The van der Waals surface area contributed by atoms with Gasteiger partial charge in [-0.2, -0.15) is 0 Å². The molecule has 0 aromatic heterocycles. The highest BCUT2D eigenvalue weighted by molar-refractivity contribution is 5.20. The van der Waals surface area contributed by atoms with Gasteiger partial charge in [-0.25, -0.2) is 0 Å². The third kappa shape index (κ3) is 5.26. The lowest BCUT2D eigenvalue weighted by molar-refractivity contribution is 0.177. The van der Waals surface area contributed by atoms with Gasteiger partial charge in [0.2, 0.25) is 0 Å². The maximum Gasteiger partial charge on any atom is 0.119 e. The molecule has 0 N–H and O–H groups in total. The second kappa shape index (κ2) is 8.24. The number of benzene rings is 1. The lowest BCUT2D eigenvalue weighted by atomic mass is 9.80. The number of hydrogen-bond donors (Lipinski definition) is 0. The van der Waals surface area contributed by atoms with E-state index in [1.807, 2.05) is 24.3 Å². The molecule has 0 amide bonds. The van der Waals surface area contributed by atoms with Gasteiger partial charge >= 0.3 is 0 Å². The van der Waals surface area contributed by atoms with Crippen molar-refractivity contribution in [3.8, 4) is 5.75 Å². The van der Waals surface area contributed by atoms with Crippen molar-refractivity contribution in [3.63, 3.8) is 0 Å². The third-order valence-corrected chi connectivity index (χ3v) is 4.36. The largest absolute Gasteiger partial charge is 0.493 e. The first kappa shape index (κ1) is 14.4. The van der Waals surface area contributed by atoms with Crippen LogP contribution in [-0.4, -0.2) is 6.61 Å². The van der Waals surface area contributed by atoms with Crippen LogP contribution in [-0.2, 0) is 0 Å². The Balaban J connectivity index is 1.61. The van der Waals surface area contributed by atoms with Gasteiger partial charge in [0.25, 0.3) is 0 Å². The van der Waals surface area contributed by atoms with Crippen molar-refractivity contribution in [2.24, 2.45) is 11.8 Å². The average Bonchev–Trinajstić information content (AvgIpc) is 2.48. The number of ether oxygens (including phenoxy) is 1. The minimum absolute atomic E-state index is 0.770. The first-order valence-corrected chi connectivity index (χ1v) is 7.97. The van der Waals surface area contributed by atoms with Crippen molar-refractivity contribution >= 4 is 0 Å². The van der Waals surface area contributed by atoms with Gasteiger partial charge in [-0.15, -0.1) is 0 Å². The highest BCUT2D eigenvalue weighted by Gasteiger charge is 2.21. The van der Waals surface area contributed by atoms with Crippen LogP contribution in [0, 0.1) is 17.9 Å². The van der Waals surface area contributed by atoms with E-state index in [1.165, 1.54) is 51.4 Å². The smallest absolute Gasteiger partial charge is 0.119 e. The molecular weight excluding hydrogens is 232 g/mol. The molecule has 1 radical (unpaired) electrons. The molecule has 1 aliphatic carbocycles. The molecule has 0 aliphatic heterocycles. The van der Waals surface area contributed by atoms with Crippen molar-refractivity contribution in [1.29, 1.82) is 0 Å². The van der Waals surface area contributed by atoms with E-state index in [1.54, 1.807) is 0 Å². The molecule has 1 nitrogen and oxygen atoms in total. The van der Waals surface area contributed by atoms with Crippen molar-refractivity contribution in [1.82, 2.24) is 0 Å². The summed E-state index contributed by atoms with van der Waals surface area (Å²) < 4.78 is 5.86. The molecule has 1 fully saturated rings. The van der Waals surface area contributed by atoms with Crippen molar-refractivity contribution in [3.05, 3.63) is 30.3 Å². The minimum Gasteiger partial charge on any atom is -0.493 e. The van der Waals surface area contributed by atoms with E-state index < -0.39 is 0 Å². The first-order chi connectivity index (χ1) is 9.38. The van der Waals surface area contributed by atoms with Crippen molar-refractivity contribution in [2.75, 3.05) is 6.61 Å².